The van der Waals surface area contributed by atoms with Gasteiger partial charge in [-0.25, -0.2) is 0 Å². The summed E-state index contributed by atoms with van der Waals surface area (Å²) in [7, 11) is 0. The molecule has 2 N–H and O–H groups in total. The fraction of sp³-hybridized carbons (Fsp3) is 0.238. The molecule has 0 atom stereocenters. The number of likely N-dealkylation sites (N-methyl/N-ethyl adjacent to an activating group) is 1. The third kappa shape index (κ3) is 5.72. The first kappa shape index (κ1) is 23.0. The third-order valence-electron chi connectivity index (χ3n) is 4.70. The number of nitrogens with one attached hydrogen (secondary N) is 2. The first-order valence-electron chi connectivity index (χ1n) is 9.53. The van der Waals surface area contributed by atoms with Crippen molar-refractivity contribution in [1.29, 1.82) is 0 Å². The Morgan fingerprint density at radius 1 is 1.16 bits per heavy atom. The van der Waals surface area contributed by atoms with Crippen LogP contribution in [0.3, 0.4) is 0 Å². The molecular formula is C21H21Cl2N5O2S. The van der Waals surface area contributed by atoms with Crippen LogP contribution in [-0.4, -0.2) is 44.6 Å². The third-order valence-corrected chi connectivity index (χ3v) is 5.50. The minimum Gasteiger partial charge on any atom is -0.332 e. The summed E-state index contributed by atoms with van der Waals surface area (Å²) in [6.07, 6.45) is 0. The minimum absolute atomic E-state index is 0.0510. The maximum absolute atomic E-state index is 12.9. The fourth-order valence-electron chi connectivity index (χ4n) is 2.99. The van der Waals surface area contributed by atoms with Crippen LogP contribution < -0.4 is 5.32 Å². The number of halogens is 2. The topological polar surface area (TPSA) is 83.0 Å². The van der Waals surface area contributed by atoms with Crippen LogP contribution >= 0.6 is 35.4 Å². The number of aromatic amines is 1. The molecule has 3 aromatic rings. The number of rotatable bonds is 7. The lowest BCUT2D eigenvalue weighted by molar-refractivity contribution is -0.135. The molecule has 3 rings (SSSR count). The highest BCUT2D eigenvalue weighted by atomic mass is 35.5. The number of H-pyrrole nitrogens is 1. The van der Waals surface area contributed by atoms with E-state index >= 15 is 0 Å². The summed E-state index contributed by atoms with van der Waals surface area (Å²) < 4.78 is 1.91. The number of hydrogen-bond acceptors (Lipinski definition) is 4. The van der Waals surface area contributed by atoms with Crippen molar-refractivity contribution in [3.05, 3.63) is 62.8 Å². The van der Waals surface area contributed by atoms with Crippen LogP contribution in [0.4, 0.5) is 5.69 Å². The van der Waals surface area contributed by atoms with Gasteiger partial charge in [-0.3, -0.25) is 19.3 Å². The second kappa shape index (κ2) is 10.1. The standard InChI is InChI=1S/C21H21Cl2N5O2S/c1-3-27(11-18(29)24-17-10-16(23)7-4-13(17)2)19(30)12-28-20(25-26-21(28)31)14-5-8-15(22)9-6-14/h4-10H,3,11-12H2,1-2H3,(H,24,29)(H,26,31). The summed E-state index contributed by atoms with van der Waals surface area (Å²) >= 11 is 17.3. The smallest absolute Gasteiger partial charge is 0.244 e. The van der Waals surface area contributed by atoms with Crippen molar-refractivity contribution in [2.24, 2.45) is 0 Å². The van der Waals surface area contributed by atoms with E-state index < -0.39 is 0 Å². The van der Waals surface area contributed by atoms with E-state index in [0.29, 0.717) is 32.9 Å². The van der Waals surface area contributed by atoms with Crippen LogP contribution in [0.1, 0.15) is 12.5 Å². The number of benzene rings is 2. The van der Waals surface area contributed by atoms with Crippen molar-refractivity contribution >= 4 is 52.9 Å². The molecule has 0 saturated carbocycles. The van der Waals surface area contributed by atoms with Gasteiger partial charge in [0.05, 0.1) is 6.54 Å². The van der Waals surface area contributed by atoms with Gasteiger partial charge in [0.15, 0.2) is 10.6 Å². The van der Waals surface area contributed by atoms with Gasteiger partial charge in [-0.15, -0.1) is 0 Å². The van der Waals surface area contributed by atoms with Crippen molar-refractivity contribution < 1.29 is 9.59 Å². The van der Waals surface area contributed by atoms with Crippen LogP contribution in [0.25, 0.3) is 11.4 Å². The molecule has 0 radical (unpaired) electrons. The van der Waals surface area contributed by atoms with Crippen molar-refractivity contribution in [2.75, 3.05) is 18.4 Å². The highest BCUT2D eigenvalue weighted by Gasteiger charge is 2.19. The molecule has 0 spiro atoms. The van der Waals surface area contributed by atoms with Gasteiger partial charge in [0.1, 0.15) is 6.54 Å². The van der Waals surface area contributed by atoms with Gasteiger partial charge < -0.3 is 10.2 Å². The van der Waals surface area contributed by atoms with Crippen LogP contribution in [0.5, 0.6) is 0 Å². The lowest BCUT2D eigenvalue weighted by atomic mass is 10.2. The molecule has 7 nitrogen and oxygen atoms in total. The number of aryl methyl sites for hydroxylation is 1. The Morgan fingerprint density at radius 2 is 1.84 bits per heavy atom. The van der Waals surface area contributed by atoms with E-state index in [0.717, 1.165) is 11.1 Å². The van der Waals surface area contributed by atoms with E-state index in [-0.39, 0.29) is 24.9 Å². The van der Waals surface area contributed by atoms with Crippen molar-refractivity contribution in [3.8, 4) is 11.4 Å². The summed E-state index contributed by atoms with van der Waals surface area (Å²) in [5.74, 6) is -0.0486. The molecule has 0 fully saturated rings. The second-order valence-corrected chi connectivity index (χ2v) is 8.12. The number of nitrogens with zero attached hydrogens (tertiary/aromatic N) is 3. The van der Waals surface area contributed by atoms with E-state index in [1.807, 2.05) is 19.9 Å². The van der Waals surface area contributed by atoms with Crippen molar-refractivity contribution in [1.82, 2.24) is 19.7 Å². The Morgan fingerprint density at radius 3 is 2.52 bits per heavy atom. The monoisotopic (exact) mass is 477 g/mol. The molecule has 10 heteroatoms. The molecule has 1 heterocycles. The van der Waals surface area contributed by atoms with Crippen LogP contribution in [0.15, 0.2) is 42.5 Å². The molecule has 0 aliphatic carbocycles. The maximum atomic E-state index is 12.9. The van der Waals surface area contributed by atoms with E-state index in [4.69, 9.17) is 35.4 Å². The van der Waals surface area contributed by atoms with Gasteiger partial charge in [0.2, 0.25) is 11.8 Å². The highest BCUT2D eigenvalue weighted by molar-refractivity contribution is 7.71. The van der Waals surface area contributed by atoms with Gasteiger partial charge in [-0.05, 0) is 68.0 Å². The summed E-state index contributed by atoms with van der Waals surface area (Å²) in [4.78, 5) is 26.9. The van der Waals surface area contributed by atoms with Crippen LogP contribution in [0, 0.1) is 11.7 Å². The number of anilines is 1. The Kier molecular flexibility index (Phi) is 7.48. The summed E-state index contributed by atoms with van der Waals surface area (Å²) in [5, 5.41) is 10.9. The van der Waals surface area contributed by atoms with E-state index in [1.165, 1.54) is 4.90 Å². The zero-order valence-electron chi connectivity index (χ0n) is 17.0. The van der Waals surface area contributed by atoms with E-state index in [2.05, 4.69) is 15.5 Å². The normalized spacial score (nSPS) is 10.7. The Balaban J connectivity index is 1.72. The van der Waals surface area contributed by atoms with E-state index in [1.54, 1.807) is 41.0 Å². The molecular weight excluding hydrogens is 457 g/mol. The molecule has 0 aliphatic heterocycles. The average molecular weight is 478 g/mol. The predicted molar refractivity (Wildman–Crippen MR) is 125 cm³/mol. The number of aromatic nitrogens is 3. The second-order valence-electron chi connectivity index (χ2n) is 6.86. The van der Waals surface area contributed by atoms with Gasteiger partial charge in [0, 0.05) is 27.8 Å². The molecule has 2 aromatic carbocycles. The molecule has 1 aromatic heterocycles. The molecule has 31 heavy (non-hydrogen) atoms. The molecule has 0 unspecified atom stereocenters. The van der Waals surface area contributed by atoms with Gasteiger partial charge in [-0.2, -0.15) is 5.10 Å². The minimum atomic E-state index is -0.311. The maximum Gasteiger partial charge on any atom is 0.244 e. The summed E-state index contributed by atoms with van der Waals surface area (Å²) in [6.45, 7) is 3.90. The highest BCUT2D eigenvalue weighted by Crippen LogP contribution is 2.21. The summed E-state index contributed by atoms with van der Waals surface area (Å²) in [6, 6.07) is 12.3. The van der Waals surface area contributed by atoms with E-state index in [9.17, 15) is 9.59 Å². The Hall–Kier alpha value is -2.68. The zero-order chi connectivity index (χ0) is 22.5. The largest absolute Gasteiger partial charge is 0.332 e. The lowest BCUT2D eigenvalue weighted by Gasteiger charge is -2.21. The quantitative estimate of drug-likeness (QED) is 0.482. The molecule has 162 valence electrons. The van der Waals surface area contributed by atoms with Crippen molar-refractivity contribution in [2.45, 2.75) is 20.4 Å². The zero-order valence-corrected chi connectivity index (χ0v) is 19.3. The molecule has 2 amide bonds. The molecule has 0 saturated heterocycles. The Labute approximate surface area is 195 Å². The first-order valence-corrected chi connectivity index (χ1v) is 10.7. The van der Waals surface area contributed by atoms with Gasteiger partial charge in [0.25, 0.3) is 0 Å². The first-order chi connectivity index (χ1) is 14.8. The number of carbonyl (C=O) groups excluding carboxylic acids is 2. The molecule has 0 aliphatic rings. The van der Waals surface area contributed by atoms with Crippen LogP contribution in [0.2, 0.25) is 10.0 Å². The lowest BCUT2D eigenvalue weighted by Crippen LogP contribution is -2.39. The number of carbonyl (C=O) groups is 2. The number of hydrogen-bond donors (Lipinski definition) is 2. The predicted octanol–water partition coefficient (Wildman–Crippen LogP) is 4.71. The Bertz CT molecular complexity index is 1160. The fourth-order valence-corrected chi connectivity index (χ4v) is 3.48. The number of amides is 2. The SMILES string of the molecule is CCN(CC(=O)Nc1cc(Cl)ccc1C)C(=O)Cn1c(-c2ccc(Cl)cc2)n[nH]c1=S. The van der Waals surface area contributed by atoms with Gasteiger partial charge in [-0.1, -0.05) is 29.3 Å². The van der Waals surface area contributed by atoms with Crippen molar-refractivity contribution in [3.63, 3.8) is 0 Å². The van der Waals surface area contributed by atoms with Crippen LogP contribution in [-0.2, 0) is 16.1 Å². The molecule has 0 bridgehead atoms. The van der Waals surface area contributed by atoms with Gasteiger partial charge >= 0.3 is 0 Å². The average Bonchev–Trinajstić information content (AvgIpc) is 3.09. The summed E-state index contributed by atoms with van der Waals surface area (Å²) in [5.41, 5.74) is 2.26.